The minimum absolute atomic E-state index is 0.0826. The van der Waals surface area contributed by atoms with Crippen molar-refractivity contribution in [2.75, 3.05) is 6.61 Å². The van der Waals surface area contributed by atoms with Crippen molar-refractivity contribution in [3.8, 4) is 22.6 Å². The molecule has 6 heteroatoms. The van der Waals surface area contributed by atoms with Crippen molar-refractivity contribution >= 4 is 11.6 Å². The Kier molecular flexibility index (Phi) is 7.44. The Morgan fingerprint density at radius 1 is 1.00 bits per heavy atom. The maximum atomic E-state index is 13.3. The van der Waals surface area contributed by atoms with Crippen molar-refractivity contribution in [3.05, 3.63) is 38.8 Å². The third-order valence-electron chi connectivity index (χ3n) is 6.91. The van der Waals surface area contributed by atoms with E-state index in [1.54, 1.807) is 6.92 Å². The first-order valence-corrected chi connectivity index (χ1v) is 12.6. The second-order valence-corrected chi connectivity index (χ2v) is 9.99. The molecule has 174 valence electrons. The average Bonchev–Trinajstić information content (AvgIpc) is 3.62. The zero-order valence-electron chi connectivity index (χ0n) is 19.3. The highest BCUT2D eigenvalue weighted by Gasteiger charge is 2.30. The van der Waals surface area contributed by atoms with Crippen LogP contribution < -0.4 is 10.3 Å². The first kappa shape index (κ1) is 23.2. The number of ether oxygens (including phenoxy) is 1. The first-order valence-electron chi connectivity index (χ1n) is 12.2. The van der Waals surface area contributed by atoms with Crippen LogP contribution in [0.25, 0.3) is 11.1 Å². The minimum Gasteiger partial charge on any atom is -0.505 e. The zero-order chi connectivity index (χ0) is 22.7. The largest absolute Gasteiger partial charge is 0.505 e. The van der Waals surface area contributed by atoms with Gasteiger partial charge in [0.15, 0.2) is 5.75 Å². The molecule has 2 aromatic rings. The molecule has 0 aliphatic heterocycles. The van der Waals surface area contributed by atoms with Crippen molar-refractivity contribution in [1.29, 1.82) is 0 Å². The molecule has 1 N–H and O–H groups in total. The highest BCUT2D eigenvalue weighted by Crippen LogP contribution is 2.43. The Morgan fingerprint density at radius 2 is 1.62 bits per heavy atom. The molecule has 4 rings (SSSR count). The van der Waals surface area contributed by atoms with E-state index in [0.717, 1.165) is 31.2 Å². The van der Waals surface area contributed by atoms with Crippen molar-refractivity contribution in [3.63, 3.8) is 0 Å². The Hall–Kier alpha value is -2.01. The van der Waals surface area contributed by atoms with Gasteiger partial charge in [0.2, 0.25) is 0 Å². The van der Waals surface area contributed by atoms with Gasteiger partial charge in [-0.05, 0) is 57.1 Å². The van der Waals surface area contributed by atoms with E-state index in [0.29, 0.717) is 34.6 Å². The van der Waals surface area contributed by atoms with E-state index in [9.17, 15) is 9.90 Å². The van der Waals surface area contributed by atoms with Crippen LogP contribution in [0, 0.1) is 19.8 Å². The summed E-state index contributed by atoms with van der Waals surface area (Å²) in [5.74, 6) is 0.901. The maximum Gasteiger partial charge on any atom is 0.278 e. The second-order valence-electron chi connectivity index (χ2n) is 9.59. The normalized spacial score (nSPS) is 18.5. The summed E-state index contributed by atoms with van der Waals surface area (Å²) in [5.41, 5.74) is 1.88. The van der Waals surface area contributed by atoms with Crippen LogP contribution in [0.15, 0.2) is 16.9 Å². The number of hydrogen-bond donors (Lipinski definition) is 1. The molecular formula is C26H35ClN2O3. The number of hydrogen-bond acceptors (Lipinski definition) is 4. The van der Waals surface area contributed by atoms with Crippen molar-refractivity contribution in [2.45, 2.75) is 90.5 Å². The van der Waals surface area contributed by atoms with Crippen LogP contribution in [0.3, 0.4) is 0 Å². The Labute approximate surface area is 195 Å². The number of benzene rings is 1. The fourth-order valence-electron chi connectivity index (χ4n) is 4.81. The smallest absolute Gasteiger partial charge is 0.278 e. The standard InChI is InChI=1S/C26H35ClN2O3/c1-17-12-15-21(27)25(32-16-19-10-8-6-4-3-5-7-9-11-19)22(17)23-24(30)18(2)28-29(26(23)31)20-13-14-20/h12,15,19-20,30H,3-11,13-14,16H2,1-2H3. The Balaban J connectivity index is 1.67. The third-order valence-corrected chi connectivity index (χ3v) is 7.21. The number of aromatic nitrogens is 2. The molecule has 0 radical (unpaired) electrons. The van der Waals surface area contributed by atoms with Crippen LogP contribution in [0.4, 0.5) is 0 Å². The van der Waals surface area contributed by atoms with Gasteiger partial charge in [0, 0.05) is 5.56 Å². The molecule has 2 aliphatic rings. The first-order chi connectivity index (χ1) is 15.5. The summed E-state index contributed by atoms with van der Waals surface area (Å²) < 4.78 is 7.89. The molecule has 2 aliphatic carbocycles. The molecule has 32 heavy (non-hydrogen) atoms. The van der Waals surface area contributed by atoms with E-state index in [4.69, 9.17) is 16.3 Å². The molecule has 5 nitrogen and oxygen atoms in total. The van der Waals surface area contributed by atoms with E-state index in [2.05, 4.69) is 5.10 Å². The van der Waals surface area contributed by atoms with Gasteiger partial charge >= 0.3 is 0 Å². The van der Waals surface area contributed by atoms with Crippen LogP contribution in [-0.2, 0) is 0 Å². The van der Waals surface area contributed by atoms with Gasteiger partial charge in [-0.1, -0.05) is 62.6 Å². The van der Waals surface area contributed by atoms with Crippen molar-refractivity contribution < 1.29 is 9.84 Å². The van der Waals surface area contributed by atoms with Gasteiger partial charge < -0.3 is 9.84 Å². The predicted molar refractivity (Wildman–Crippen MR) is 129 cm³/mol. The van der Waals surface area contributed by atoms with Crippen LogP contribution in [-0.4, -0.2) is 21.5 Å². The highest BCUT2D eigenvalue weighted by atomic mass is 35.5. The van der Waals surface area contributed by atoms with Gasteiger partial charge in [-0.15, -0.1) is 0 Å². The summed E-state index contributed by atoms with van der Waals surface area (Å²) in [6.07, 6.45) is 13.3. The summed E-state index contributed by atoms with van der Waals surface area (Å²) in [6.45, 7) is 4.24. The summed E-state index contributed by atoms with van der Waals surface area (Å²) >= 11 is 6.60. The SMILES string of the molecule is Cc1ccc(Cl)c(OCC2CCCCCCCCC2)c1-c1c(O)c(C)nn(C2CC2)c1=O. The van der Waals surface area contributed by atoms with Crippen LogP contribution in [0.5, 0.6) is 11.5 Å². The molecule has 1 aromatic carbocycles. The average molecular weight is 459 g/mol. The second kappa shape index (κ2) is 10.3. The van der Waals surface area contributed by atoms with Gasteiger partial charge in [0.1, 0.15) is 11.4 Å². The number of aryl methyl sites for hydroxylation is 2. The highest BCUT2D eigenvalue weighted by molar-refractivity contribution is 6.32. The van der Waals surface area contributed by atoms with Gasteiger partial charge in [-0.3, -0.25) is 4.79 Å². The van der Waals surface area contributed by atoms with E-state index >= 15 is 0 Å². The lowest BCUT2D eigenvalue weighted by molar-refractivity contribution is 0.223. The quantitative estimate of drug-likeness (QED) is 0.538. The van der Waals surface area contributed by atoms with E-state index in [1.807, 2.05) is 19.1 Å². The summed E-state index contributed by atoms with van der Waals surface area (Å²) in [7, 11) is 0. The van der Waals surface area contributed by atoms with Crippen molar-refractivity contribution in [2.24, 2.45) is 5.92 Å². The monoisotopic (exact) mass is 458 g/mol. The van der Waals surface area contributed by atoms with Crippen molar-refractivity contribution in [1.82, 2.24) is 9.78 Å². The molecule has 0 saturated heterocycles. The predicted octanol–water partition coefficient (Wildman–Crippen LogP) is 6.74. The molecule has 0 atom stereocenters. The topological polar surface area (TPSA) is 64.3 Å². The molecule has 0 bridgehead atoms. The number of rotatable bonds is 5. The van der Waals surface area contributed by atoms with E-state index in [-0.39, 0.29) is 22.9 Å². The van der Waals surface area contributed by atoms with Gasteiger partial charge in [-0.2, -0.15) is 5.10 Å². The number of aromatic hydroxyl groups is 1. The summed E-state index contributed by atoms with van der Waals surface area (Å²) in [5, 5.41) is 15.7. The zero-order valence-corrected chi connectivity index (χ0v) is 20.1. The van der Waals surface area contributed by atoms with E-state index in [1.165, 1.54) is 49.6 Å². The number of nitrogens with zero attached hydrogens (tertiary/aromatic N) is 2. The lowest BCUT2D eigenvalue weighted by Crippen LogP contribution is -2.25. The molecule has 2 fully saturated rings. The molecular weight excluding hydrogens is 424 g/mol. The fraction of sp³-hybridized carbons (Fsp3) is 0.615. The van der Waals surface area contributed by atoms with Gasteiger partial charge in [0.05, 0.1) is 23.2 Å². The van der Waals surface area contributed by atoms with E-state index < -0.39 is 0 Å². The Bertz CT molecular complexity index is 1000. The summed E-state index contributed by atoms with van der Waals surface area (Å²) in [4.78, 5) is 13.3. The fourth-order valence-corrected chi connectivity index (χ4v) is 5.02. The number of halogens is 1. The molecule has 1 heterocycles. The maximum absolute atomic E-state index is 13.3. The van der Waals surface area contributed by atoms with Crippen LogP contribution >= 0.6 is 11.6 Å². The van der Waals surface area contributed by atoms with Gasteiger partial charge in [-0.25, -0.2) is 4.68 Å². The Morgan fingerprint density at radius 3 is 2.25 bits per heavy atom. The molecule has 0 unspecified atom stereocenters. The third kappa shape index (κ3) is 5.14. The molecule has 0 amide bonds. The minimum atomic E-state index is -0.274. The summed E-state index contributed by atoms with van der Waals surface area (Å²) in [6, 6.07) is 3.81. The van der Waals surface area contributed by atoms with Gasteiger partial charge in [0.25, 0.3) is 5.56 Å². The van der Waals surface area contributed by atoms with Crippen LogP contribution in [0.1, 0.15) is 87.9 Å². The molecule has 2 saturated carbocycles. The molecule has 0 spiro atoms. The van der Waals surface area contributed by atoms with Crippen LogP contribution in [0.2, 0.25) is 5.02 Å². The molecule has 1 aromatic heterocycles. The lowest BCUT2D eigenvalue weighted by atomic mass is 9.93. The lowest BCUT2D eigenvalue weighted by Gasteiger charge is -2.22.